The number of rotatable bonds is 0. The van der Waals surface area contributed by atoms with Gasteiger partial charge in [0, 0.05) is 31.8 Å². The molecule has 0 N–H and O–H groups in total. The molecule has 0 aliphatic heterocycles. The van der Waals surface area contributed by atoms with Gasteiger partial charge in [-0.15, -0.1) is 0 Å². The smallest absolute Gasteiger partial charge is 0 e. The van der Waals surface area contributed by atoms with Crippen molar-refractivity contribution in [3.05, 3.63) is 0 Å². The molecular formula is H3N2PRu. The topological polar surface area (TPSA) is 61.0 Å². The predicted octanol–water partition coefficient (Wildman–Crippen LogP) is -0.906. The van der Waals surface area contributed by atoms with Crippen LogP contribution in [0.25, 0.3) is 0 Å². The molecule has 0 amide bonds. The van der Waals surface area contributed by atoms with Crippen molar-refractivity contribution in [2.24, 2.45) is 0 Å². The van der Waals surface area contributed by atoms with E-state index < -0.39 is 0 Å². The molecule has 4 heteroatoms. The molecule has 1 atom stereocenters. The SMILES string of the molecule is P.[N].[N].[Ru]. The summed E-state index contributed by atoms with van der Waals surface area (Å²) in [4.78, 5) is 0. The molecule has 4 heavy (non-hydrogen) atoms. The molecular weight excluding hydrogens is 160 g/mol. The van der Waals surface area contributed by atoms with Gasteiger partial charge in [0.05, 0.1) is 0 Å². The molecule has 0 spiro atoms. The van der Waals surface area contributed by atoms with Crippen molar-refractivity contribution in [3.8, 4) is 0 Å². The normalized spacial score (nSPS) is 0. The molecule has 0 aliphatic carbocycles. The Morgan fingerprint density at radius 3 is 0.750 bits per heavy atom. The van der Waals surface area contributed by atoms with E-state index >= 15 is 0 Å². The Bertz CT molecular complexity index is 6.00. The maximum absolute atomic E-state index is 0. The molecule has 0 aliphatic rings. The molecule has 0 aromatic rings. The molecule has 0 fully saturated rings. The number of nitrogens with zero attached hydrogens (tertiary/aromatic N) is 2. The van der Waals surface area contributed by atoms with E-state index in [4.69, 9.17) is 0 Å². The van der Waals surface area contributed by atoms with Crippen LogP contribution in [0.4, 0.5) is 0 Å². The summed E-state index contributed by atoms with van der Waals surface area (Å²) in [5, 5.41) is 0. The van der Waals surface area contributed by atoms with E-state index in [0.29, 0.717) is 0 Å². The van der Waals surface area contributed by atoms with Crippen LogP contribution in [0.1, 0.15) is 0 Å². The maximum atomic E-state index is 0. The van der Waals surface area contributed by atoms with Crippen LogP contribution in [-0.2, 0) is 19.5 Å². The summed E-state index contributed by atoms with van der Waals surface area (Å²) in [6, 6.07) is 0. The molecule has 0 bridgehead atoms. The van der Waals surface area contributed by atoms with Crippen LogP contribution in [0.3, 0.4) is 0 Å². The molecule has 0 saturated heterocycles. The second-order valence-corrected chi connectivity index (χ2v) is 0. The van der Waals surface area contributed by atoms with Gasteiger partial charge in [0.25, 0.3) is 0 Å². The molecule has 0 aromatic heterocycles. The molecule has 1 unspecified atom stereocenters. The summed E-state index contributed by atoms with van der Waals surface area (Å²) in [6.07, 6.45) is 0. The van der Waals surface area contributed by atoms with E-state index in [9.17, 15) is 0 Å². The Kier molecular flexibility index (Phi) is 768. The van der Waals surface area contributed by atoms with Crippen molar-refractivity contribution >= 4 is 9.90 Å². The van der Waals surface area contributed by atoms with Crippen LogP contribution in [0.2, 0.25) is 0 Å². The Balaban J connectivity index is 0. The van der Waals surface area contributed by atoms with Crippen LogP contribution in [0.5, 0.6) is 0 Å². The fourth-order valence-corrected chi connectivity index (χ4v) is 0. The number of hydrogen-bond donors (Lipinski definition) is 0. The fraction of sp³-hybridized carbons (Fsp3) is 0. The zero-order chi connectivity index (χ0) is 0. The summed E-state index contributed by atoms with van der Waals surface area (Å²) in [7, 11) is 0. The molecule has 0 rings (SSSR count). The largest absolute Gasteiger partial charge is 0.153 e. The first kappa shape index (κ1) is 82.9. The van der Waals surface area contributed by atoms with E-state index in [0.717, 1.165) is 0 Å². The average Bonchev–Trinajstić information content (AvgIpc) is 0. The van der Waals surface area contributed by atoms with Gasteiger partial charge in [0.1, 0.15) is 0 Å². The third kappa shape index (κ3) is 12.2. The van der Waals surface area contributed by atoms with Gasteiger partial charge < -0.3 is 0 Å². The quantitative estimate of drug-likeness (QED) is 0.328. The third-order valence-electron chi connectivity index (χ3n) is 0. The van der Waals surface area contributed by atoms with E-state index in [-0.39, 0.29) is 41.7 Å². The third-order valence-corrected chi connectivity index (χ3v) is 0. The van der Waals surface area contributed by atoms with E-state index in [1.807, 2.05) is 0 Å². The first-order chi connectivity index (χ1) is 0. The summed E-state index contributed by atoms with van der Waals surface area (Å²) >= 11 is 0. The van der Waals surface area contributed by atoms with E-state index in [1.54, 1.807) is 0 Å². The predicted molar refractivity (Wildman–Crippen MR) is 15.4 cm³/mol. The molecule has 6 radical (unpaired) electrons. The van der Waals surface area contributed by atoms with E-state index in [1.165, 1.54) is 0 Å². The summed E-state index contributed by atoms with van der Waals surface area (Å²) < 4.78 is 0. The average molecular weight is 163 g/mol. The van der Waals surface area contributed by atoms with E-state index in [2.05, 4.69) is 0 Å². The van der Waals surface area contributed by atoms with Crippen molar-refractivity contribution in [2.45, 2.75) is 0 Å². The Labute approximate surface area is 42.3 Å². The first-order valence-corrected chi connectivity index (χ1v) is 0. The minimum Gasteiger partial charge on any atom is -0.153 e. The van der Waals surface area contributed by atoms with Crippen molar-refractivity contribution in [3.63, 3.8) is 0 Å². The fourth-order valence-electron chi connectivity index (χ4n) is 0. The Morgan fingerprint density at radius 2 is 0.750 bits per heavy atom. The molecule has 26 valence electrons. The monoisotopic (exact) mass is 164 g/mol. The van der Waals surface area contributed by atoms with Gasteiger partial charge in [-0.2, -0.15) is 9.90 Å². The van der Waals surface area contributed by atoms with Crippen molar-refractivity contribution < 1.29 is 19.5 Å². The standard InChI is InChI=1S/2N.H3P.Ru/h;;1H3;. The van der Waals surface area contributed by atoms with Gasteiger partial charge >= 0.3 is 0 Å². The second kappa shape index (κ2) is 37.1. The van der Waals surface area contributed by atoms with Gasteiger partial charge in [-0.05, 0) is 0 Å². The van der Waals surface area contributed by atoms with Gasteiger partial charge in [-0.25, -0.2) is 0 Å². The Morgan fingerprint density at radius 1 is 0.750 bits per heavy atom. The van der Waals surface area contributed by atoms with Crippen LogP contribution < -0.4 is 12.3 Å². The van der Waals surface area contributed by atoms with Gasteiger partial charge in [0.15, 0.2) is 0 Å². The zero-order valence-electron chi connectivity index (χ0n) is 1.96. The maximum Gasteiger partial charge on any atom is 0 e. The van der Waals surface area contributed by atoms with Crippen molar-refractivity contribution in [1.82, 2.24) is 12.3 Å². The summed E-state index contributed by atoms with van der Waals surface area (Å²) in [6.45, 7) is 0. The molecule has 2 nitrogen and oxygen atoms in total. The molecule has 0 saturated carbocycles. The van der Waals surface area contributed by atoms with Crippen LogP contribution in [0, 0.1) is 0 Å². The summed E-state index contributed by atoms with van der Waals surface area (Å²) in [5.74, 6) is 0. The zero-order valence-corrected chi connectivity index (χ0v) is 5.11. The summed E-state index contributed by atoms with van der Waals surface area (Å²) in [5.41, 5.74) is 0. The van der Waals surface area contributed by atoms with Gasteiger partial charge in [0.2, 0.25) is 0 Å². The van der Waals surface area contributed by atoms with Crippen LogP contribution in [-0.4, -0.2) is 0 Å². The van der Waals surface area contributed by atoms with Crippen LogP contribution >= 0.6 is 9.90 Å². The first-order valence-electron chi connectivity index (χ1n) is 0. The van der Waals surface area contributed by atoms with Gasteiger partial charge in [-0.1, -0.05) is 0 Å². The minimum absolute atomic E-state index is 0. The van der Waals surface area contributed by atoms with Crippen molar-refractivity contribution in [1.29, 1.82) is 0 Å². The second-order valence-electron chi connectivity index (χ2n) is 0. The van der Waals surface area contributed by atoms with Gasteiger partial charge in [-0.3, -0.25) is 0 Å². The molecule has 0 aromatic carbocycles. The number of hydrogen-bond acceptors (Lipinski definition) is 0. The molecule has 0 heterocycles. The minimum atomic E-state index is 0. The van der Waals surface area contributed by atoms with Crippen LogP contribution in [0.15, 0.2) is 0 Å². The van der Waals surface area contributed by atoms with Crippen molar-refractivity contribution in [2.75, 3.05) is 0 Å². The Hall–Kier alpha value is 0.973.